The zero-order chi connectivity index (χ0) is 13.9. The standard InChI is InChI=1S/C16H24N2O2/c1-18-9-7-13(11-18)20-15-5-3-4-14(16(15)19-2)12-6-8-17-10-12/h3-5,12-13,17H,6-11H2,1-2H3. The summed E-state index contributed by atoms with van der Waals surface area (Å²) < 4.78 is 11.8. The largest absolute Gasteiger partial charge is 0.493 e. The Morgan fingerprint density at radius 3 is 2.85 bits per heavy atom. The Balaban J connectivity index is 1.81. The van der Waals surface area contributed by atoms with Crippen molar-refractivity contribution in [1.29, 1.82) is 0 Å². The van der Waals surface area contributed by atoms with E-state index in [-0.39, 0.29) is 6.10 Å². The van der Waals surface area contributed by atoms with E-state index in [0.717, 1.165) is 44.1 Å². The number of rotatable bonds is 4. The average Bonchev–Trinajstić information content (AvgIpc) is 3.10. The summed E-state index contributed by atoms with van der Waals surface area (Å²) >= 11 is 0. The van der Waals surface area contributed by atoms with Crippen molar-refractivity contribution in [3.63, 3.8) is 0 Å². The number of nitrogens with zero attached hydrogens (tertiary/aromatic N) is 1. The molecule has 1 aromatic rings. The molecule has 4 nitrogen and oxygen atoms in total. The van der Waals surface area contributed by atoms with Gasteiger partial charge in [-0.2, -0.15) is 0 Å². The minimum Gasteiger partial charge on any atom is -0.493 e. The molecule has 20 heavy (non-hydrogen) atoms. The minimum atomic E-state index is 0.283. The first kappa shape index (κ1) is 13.7. The first-order valence-electron chi connectivity index (χ1n) is 7.50. The highest BCUT2D eigenvalue weighted by atomic mass is 16.5. The minimum absolute atomic E-state index is 0.283. The Labute approximate surface area is 121 Å². The molecule has 1 aromatic carbocycles. The third-order valence-electron chi connectivity index (χ3n) is 4.36. The second-order valence-corrected chi connectivity index (χ2v) is 5.86. The van der Waals surface area contributed by atoms with E-state index in [1.807, 2.05) is 6.07 Å². The predicted molar refractivity (Wildman–Crippen MR) is 79.8 cm³/mol. The van der Waals surface area contributed by atoms with E-state index in [1.54, 1.807) is 7.11 Å². The second-order valence-electron chi connectivity index (χ2n) is 5.86. The molecule has 2 fully saturated rings. The zero-order valence-corrected chi connectivity index (χ0v) is 12.4. The van der Waals surface area contributed by atoms with Crippen LogP contribution in [0.15, 0.2) is 18.2 Å². The van der Waals surface area contributed by atoms with Crippen LogP contribution in [0.25, 0.3) is 0 Å². The van der Waals surface area contributed by atoms with Crippen LogP contribution < -0.4 is 14.8 Å². The molecule has 0 radical (unpaired) electrons. The van der Waals surface area contributed by atoms with Gasteiger partial charge in [-0.25, -0.2) is 0 Å². The quantitative estimate of drug-likeness (QED) is 0.910. The van der Waals surface area contributed by atoms with Crippen LogP contribution in [0.2, 0.25) is 0 Å². The topological polar surface area (TPSA) is 33.7 Å². The SMILES string of the molecule is COc1c(OC2CCN(C)C2)cccc1C1CCNC1. The monoisotopic (exact) mass is 276 g/mol. The Morgan fingerprint density at radius 2 is 2.20 bits per heavy atom. The molecule has 0 aliphatic carbocycles. The van der Waals surface area contributed by atoms with Crippen LogP contribution >= 0.6 is 0 Å². The number of nitrogens with one attached hydrogen (secondary N) is 1. The van der Waals surface area contributed by atoms with Crippen LogP contribution in [0, 0.1) is 0 Å². The lowest BCUT2D eigenvalue weighted by atomic mass is 9.97. The van der Waals surface area contributed by atoms with Crippen LogP contribution in [-0.2, 0) is 0 Å². The lowest BCUT2D eigenvalue weighted by Gasteiger charge is -2.20. The van der Waals surface area contributed by atoms with Crippen molar-refractivity contribution < 1.29 is 9.47 Å². The lowest BCUT2D eigenvalue weighted by molar-refractivity contribution is 0.199. The third-order valence-corrected chi connectivity index (χ3v) is 4.36. The predicted octanol–water partition coefficient (Wildman–Crippen LogP) is 1.85. The van der Waals surface area contributed by atoms with Gasteiger partial charge in [-0.1, -0.05) is 12.1 Å². The van der Waals surface area contributed by atoms with Gasteiger partial charge >= 0.3 is 0 Å². The molecule has 4 heteroatoms. The highest BCUT2D eigenvalue weighted by Gasteiger charge is 2.25. The number of methoxy groups -OCH3 is 1. The summed E-state index contributed by atoms with van der Waals surface area (Å²) in [6, 6.07) is 6.29. The molecule has 0 saturated carbocycles. The van der Waals surface area contributed by atoms with Crippen molar-refractivity contribution in [2.75, 3.05) is 40.3 Å². The fourth-order valence-corrected chi connectivity index (χ4v) is 3.26. The molecule has 2 aliphatic heterocycles. The first-order valence-corrected chi connectivity index (χ1v) is 7.50. The van der Waals surface area contributed by atoms with Crippen molar-refractivity contribution in [2.24, 2.45) is 0 Å². The summed E-state index contributed by atoms with van der Waals surface area (Å²) in [5.41, 5.74) is 1.28. The fraction of sp³-hybridized carbons (Fsp3) is 0.625. The van der Waals surface area contributed by atoms with Gasteiger partial charge in [-0.05, 0) is 32.5 Å². The molecule has 2 atom stereocenters. The molecule has 0 spiro atoms. The third kappa shape index (κ3) is 2.76. The van der Waals surface area contributed by atoms with E-state index in [2.05, 4.69) is 29.4 Å². The number of para-hydroxylation sites is 1. The molecule has 2 heterocycles. The van der Waals surface area contributed by atoms with Crippen molar-refractivity contribution >= 4 is 0 Å². The Hall–Kier alpha value is -1.26. The molecule has 2 saturated heterocycles. The summed E-state index contributed by atoms with van der Waals surface area (Å²) in [6.07, 6.45) is 2.55. The van der Waals surface area contributed by atoms with E-state index in [1.165, 1.54) is 12.0 Å². The number of hydrogen-bond donors (Lipinski definition) is 1. The smallest absolute Gasteiger partial charge is 0.164 e. The normalized spacial score (nSPS) is 26.9. The Kier molecular flexibility index (Phi) is 4.13. The van der Waals surface area contributed by atoms with E-state index >= 15 is 0 Å². The van der Waals surface area contributed by atoms with Gasteiger partial charge in [0.1, 0.15) is 6.10 Å². The zero-order valence-electron chi connectivity index (χ0n) is 12.4. The van der Waals surface area contributed by atoms with Crippen molar-refractivity contribution in [2.45, 2.75) is 24.9 Å². The molecule has 2 unspecified atom stereocenters. The molecule has 0 bridgehead atoms. The van der Waals surface area contributed by atoms with Crippen molar-refractivity contribution in [3.8, 4) is 11.5 Å². The summed E-state index contributed by atoms with van der Waals surface area (Å²) in [5, 5.41) is 3.42. The molecular weight excluding hydrogens is 252 g/mol. The van der Waals surface area contributed by atoms with Crippen molar-refractivity contribution in [1.82, 2.24) is 10.2 Å². The van der Waals surface area contributed by atoms with Crippen LogP contribution in [-0.4, -0.2) is 51.3 Å². The van der Waals surface area contributed by atoms with E-state index in [9.17, 15) is 0 Å². The van der Waals surface area contributed by atoms with E-state index < -0.39 is 0 Å². The fourth-order valence-electron chi connectivity index (χ4n) is 3.26. The number of likely N-dealkylation sites (tertiary alicyclic amines) is 1. The number of likely N-dealkylation sites (N-methyl/N-ethyl adjacent to an activating group) is 1. The van der Waals surface area contributed by atoms with Crippen LogP contribution in [0.3, 0.4) is 0 Å². The Morgan fingerprint density at radius 1 is 1.30 bits per heavy atom. The first-order chi connectivity index (χ1) is 9.78. The highest BCUT2D eigenvalue weighted by Crippen LogP contribution is 2.38. The van der Waals surface area contributed by atoms with Gasteiger partial charge < -0.3 is 19.7 Å². The molecule has 0 amide bonds. The molecule has 0 aromatic heterocycles. The molecular formula is C16H24N2O2. The van der Waals surface area contributed by atoms with Gasteiger partial charge in [0.05, 0.1) is 7.11 Å². The van der Waals surface area contributed by atoms with Crippen LogP contribution in [0.5, 0.6) is 11.5 Å². The van der Waals surface area contributed by atoms with E-state index in [4.69, 9.17) is 9.47 Å². The van der Waals surface area contributed by atoms with Crippen molar-refractivity contribution in [3.05, 3.63) is 23.8 Å². The summed E-state index contributed by atoms with van der Waals surface area (Å²) in [4.78, 5) is 2.31. The maximum absolute atomic E-state index is 6.18. The molecule has 3 rings (SSSR count). The maximum Gasteiger partial charge on any atom is 0.164 e. The molecule has 110 valence electrons. The van der Waals surface area contributed by atoms with E-state index in [0.29, 0.717) is 5.92 Å². The van der Waals surface area contributed by atoms with Gasteiger partial charge in [-0.15, -0.1) is 0 Å². The summed E-state index contributed by atoms with van der Waals surface area (Å²) in [6.45, 7) is 4.23. The van der Waals surface area contributed by atoms with Gasteiger partial charge in [0.15, 0.2) is 11.5 Å². The van der Waals surface area contributed by atoms with Gasteiger partial charge in [0.2, 0.25) is 0 Å². The number of hydrogen-bond acceptors (Lipinski definition) is 4. The summed E-state index contributed by atoms with van der Waals surface area (Å²) in [5.74, 6) is 2.37. The average molecular weight is 276 g/mol. The molecule has 2 aliphatic rings. The van der Waals surface area contributed by atoms with Gasteiger partial charge in [0.25, 0.3) is 0 Å². The van der Waals surface area contributed by atoms with Gasteiger partial charge in [0, 0.05) is 31.1 Å². The number of ether oxygens (including phenoxy) is 2. The second kappa shape index (κ2) is 6.02. The van der Waals surface area contributed by atoms with Gasteiger partial charge in [-0.3, -0.25) is 0 Å². The number of benzene rings is 1. The highest BCUT2D eigenvalue weighted by molar-refractivity contribution is 5.48. The summed E-state index contributed by atoms with van der Waals surface area (Å²) in [7, 11) is 3.88. The maximum atomic E-state index is 6.18. The van der Waals surface area contributed by atoms with Crippen LogP contribution in [0.4, 0.5) is 0 Å². The Bertz CT molecular complexity index is 458. The molecule has 1 N–H and O–H groups in total. The lowest BCUT2D eigenvalue weighted by Crippen LogP contribution is -2.21. The van der Waals surface area contributed by atoms with Crippen LogP contribution in [0.1, 0.15) is 24.3 Å².